The fourth-order valence-corrected chi connectivity index (χ4v) is 3.62. The molecular formula is C20H22N4O3. The molecule has 2 atom stereocenters. The van der Waals surface area contributed by atoms with Crippen LogP contribution < -0.4 is 19.5 Å². The van der Waals surface area contributed by atoms with Gasteiger partial charge in [-0.1, -0.05) is 30.3 Å². The van der Waals surface area contributed by atoms with E-state index in [1.165, 1.54) is 5.56 Å². The van der Waals surface area contributed by atoms with Crippen molar-refractivity contribution in [3.63, 3.8) is 0 Å². The number of aromatic nitrogens is 3. The molecule has 0 aliphatic carbocycles. The van der Waals surface area contributed by atoms with Gasteiger partial charge >= 0.3 is 0 Å². The molecule has 0 spiro atoms. The van der Waals surface area contributed by atoms with Gasteiger partial charge in [0, 0.05) is 11.6 Å². The molecule has 0 unspecified atom stereocenters. The Morgan fingerprint density at radius 1 is 1.04 bits per heavy atom. The average molecular weight is 366 g/mol. The maximum atomic E-state index is 5.69. The maximum absolute atomic E-state index is 5.69. The van der Waals surface area contributed by atoms with Crippen molar-refractivity contribution in [1.29, 1.82) is 0 Å². The Morgan fingerprint density at radius 2 is 1.85 bits per heavy atom. The molecular weight excluding hydrogens is 344 g/mol. The molecule has 0 fully saturated rings. The van der Waals surface area contributed by atoms with Crippen molar-refractivity contribution in [3.05, 3.63) is 59.9 Å². The van der Waals surface area contributed by atoms with Gasteiger partial charge in [-0.05, 0) is 18.1 Å². The summed E-state index contributed by atoms with van der Waals surface area (Å²) in [7, 11) is 4.91. The summed E-state index contributed by atoms with van der Waals surface area (Å²) < 4.78 is 18.6. The van der Waals surface area contributed by atoms with Crippen molar-refractivity contribution in [2.24, 2.45) is 0 Å². The van der Waals surface area contributed by atoms with Crippen LogP contribution in [0.2, 0.25) is 0 Å². The van der Waals surface area contributed by atoms with Crippen molar-refractivity contribution in [1.82, 2.24) is 14.8 Å². The Balaban J connectivity index is 1.83. The van der Waals surface area contributed by atoms with E-state index in [1.54, 1.807) is 27.7 Å². The molecule has 7 heteroatoms. The number of ether oxygens (including phenoxy) is 3. The van der Waals surface area contributed by atoms with Crippen LogP contribution in [0, 0.1) is 0 Å². The molecule has 1 aliphatic heterocycles. The van der Waals surface area contributed by atoms with Gasteiger partial charge in [-0.25, -0.2) is 4.68 Å². The molecule has 7 nitrogen and oxygen atoms in total. The summed E-state index contributed by atoms with van der Waals surface area (Å²) in [5.74, 6) is 2.74. The summed E-state index contributed by atoms with van der Waals surface area (Å²) in [6.07, 6.45) is 2.35. The standard InChI is InChI=1S/C20H22N4O3/c1-25-14-9-15(19(27-3)18(10-14)26-2)17-11-16(13-7-5-4-6-8-13)23-20-21-12-22-24(17)20/h4-10,12,16-17H,11H2,1-3H3,(H,21,22,23)/t16-,17+/m1/s1. The first-order valence-electron chi connectivity index (χ1n) is 8.76. The average Bonchev–Trinajstić information content (AvgIpc) is 3.21. The number of rotatable bonds is 5. The molecule has 27 heavy (non-hydrogen) atoms. The van der Waals surface area contributed by atoms with Gasteiger partial charge in [-0.2, -0.15) is 10.1 Å². The van der Waals surface area contributed by atoms with Crippen LogP contribution >= 0.6 is 0 Å². The summed E-state index contributed by atoms with van der Waals surface area (Å²) in [6.45, 7) is 0. The molecule has 2 heterocycles. The molecule has 0 radical (unpaired) electrons. The Kier molecular flexibility index (Phi) is 4.58. The number of hydrogen-bond donors (Lipinski definition) is 1. The minimum atomic E-state index is -0.0760. The Hall–Kier alpha value is -3.22. The number of methoxy groups -OCH3 is 3. The quantitative estimate of drug-likeness (QED) is 0.746. The largest absolute Gasteiger partial charge is 0.497 e. The molecule has 0 amide bonds. The van der Waals surface area contributed by atoms with Crippen molar-refractivity contribution in [2.75, 3.05) is 26.6 Å². The van der Waals surface area contributed by atoms with Crippen LogP contribution in [0.4, 0.5) is 5.95 Å². The van der Waals surface area contributed by atoms with Gasteiger partial charge in [0.05, 0.1) is 33.4 Å². The first-order chi connectivity index (χ1) is 13.2. The van der Waals surface area contributed by atoms with E-state index in [9.17, 15) is 0 Å². The summed E-state index contributed by atoms with van der Waals surface area (Å²) in [5.41, 5.74) is 2.15. The van der Waals surface area contributed by atoms with E-state index in [4.69, 9.17) is 14.2 Å². The molecule has 1 aromatic heterocycles. The molecule has 0 saturated heterocycles. The molecule has 140 valence electrons. The number of benzene rings is 2. The predicted molar refractivity (Wildman–Crippen MR) is 102 cm³/mol. The lowest BCUT2D eigenvalue weighted by Gasteiger charge is -2.32. The second-order valence-corrected chi connectivity index (χ2v) is 6.34. The first-order valence-corrected chi connectivity index (χ1v) is 8.76. The second kappa shape index (κ2) is 7.19. The van der Waals surface area contributed by atoms with Crippen LogP contribution in [0.5, 0.6) is 17.2 Å². The van der Waals surface area contributed by atoms with E-state index in [1.807, 2.05) is 35.0 Å². The van der Waals surface area contributed by atoms with Gasteiger partial charge in [-0.15, -0.1) is 0 Å². The highest BCUT2D eigenvalue weighted by molar-refractivity contribution is 5.54. The van der Waals surface area contributed by atoms with Crippen LogP contribution in [0.25, 0.3) is 0 Å². The minimum absolute atomic E-state index is 0.0760. The molecule has 3 aromatic rings. The lowest BCUT2D eigenvalue weighted by Crippen LogP contribution is -2.28. The van der Waals surface area contributed by atoms with Gasteiger partial charge in [0.1, 0.15) is 12.1 Å². The van der Waals surface area contributed by atoms with Gasteiger partial charge < -0.3 is 19.5 Å². The van der Waals surface area contributed by atoms with Gasteiger partial charge in [0.2, 0.25) is 5.95 Å². The fraction of sp³-hybridized carbons (Fsp3) is 0.300. The normalized spacial score (nSPS) is 18.3. The third-order valence-corrected chi connectivity index (χ3v) is 4.91. The Bertz CT molecular complexity index is 926. The molecule has 1 aliphatic rings. The SMILES string of the molecule is COc1cc(OC)c(OC)c([C@@H]2C[C@H](c3ccccc3)Nc3ncnn32)c1. The van der Waals surface area contributed by atoms with E-state index in [0.717, 1.165) is 17.9 Å². The van der Waals surface area contributed by atoms with Crippen LogP contribution in [0.3, 0.4) is 0 Å². The molecule has 1 N–H and O–H groups in total. The highest BCUT2D eigenvalue weighted by atomic mass is 16.5. The molecule has 0 bridgehead atoms. The number of anilines is 1. The Morgan fingerprint density at radius 3 is 2.56 bits per heavy atom. The summed E-state index contributed by atoms with van der Waals surface area (Å²) in [6, 6.07) is 14.2. The predicted octanol–water partition coefficient (Wildman–Crippen LogP) is 3.45. The zero-order valence-corrected chi connectivity index (χ0v) is 15.5. The number of fused-ring (bicyclic) bond motifs is 1. The highest BCUT2D eigenvalue weighted by Crippen LogP contribution is 2.45. The van der Waals surface area contributed by atoms with E-state index in [-0.39, 0.29) is 12.1 Å². The highest BCUT2D eigenvalue weighted by Gasteiger charge is 2.33. The minimum Gasteiger partial charge on any atom is -0.497 e. The molecule has 4 rings (SSSR count). The lowest BCUT2D eigenvalue weighted by atomic mass is 9.92. The second-order valence-electron chi connectivity index (χ2n) is 6.34. The van der Waals surface area contributed by atoms with Crippen LogP contribution in [0.1, 0.15) is 29.6 Å². The molecule has 0 saturated carbocycles. The number of nitrogens with one attached hydrogen (secondary N) is 1. The molecule has 2 aromatic carbocycles. The Labute approximate surface area is 157 Å². The lowest BCUT2D eigenvalue weighted by molar-refractivity contribution is 0.334. The van der Waals surface area contributed by atoms with Gasteiger partial charge in [-0.3, -0.25) is 0 Å². The zero-order chi connectivity index (χ0) is 18.8. The van der Waals surface area contributed by atoms with Crippen molar-refractivity contribution in [2.45, 2.75) is 18.5 Å². The van der Waals surface area contributed by atoms with Gasteiger partial charge in [0.15, 0.2) is 11.5 Å². The van der Waals surface area contributed by atoms with Crippen molar-refractivity contribution in [3.8, 4) is 17.2 Å². The van der Waals surface area contributed by atoms with Crippen molar-refractivity contribution < 1.29 is 14.2 Å². The first kappa shape index (κ1) is 17.2. The number of nitrogens with zero attached hydrogens (tertiary/aromatic N) is 3. The summed E-state index contributed by atoms with van der Waals surface area (Å²) >= 11 is 0. The zero-order valence-electron chi connectivity index (χ0n) is 15.5. The third kappa shape index (κ3) is 3.05. The van der Waals surface area contributed by atoms with E-state index < -0.39 is 0 Å². The summed E-state index contributed by atoms with van der Waals surface area (Å²) in [4.78, 5) is 4.39. The number of hydrogen-bond acceptors (Lipinski definition) is 6. The van der Waals surface area contributed by atoms with Crippen molar-refractivity contribution >= 4 is 5.95 Å². The topological polar surface area (TPSA) is 70.4 Å². The van der Waals surface area contributed by atoms with Crippen LogP contribution in [-0.2, 0) is 0 Å². The van der Waals surface area contributed by atoms with E-state index in [0.29, 0.717) is 17.2 Å². The van der Waals surface area contributed by atoms with E-state index >= 15 is 0 Å². The summed E-state index contributed by atoms with van der Waals surface area (Å²) in [5, 5.41) is 7.91. The smallest absolute Gasteiger partial charge is 0.222 e. The monoisotopic (exact) mass is 366 g/mol. The fourth-order valence-electron chi connectivity index (χ4n) is 3.62. The third-order valence-electron chi connectivity index (χ3n) is 4.91. The van der Waals surface area contributed by atoms with E-state index in [2.05, 4.69) is 27.5 Å². The maximum Gasteiger partial charge on any atom is 0.222 e. The van der Waals surface area contributed by atoms with Gasteiger partial charge in [0.25, 0.3) is 0 Å². The van der Waals surface area contributed by atoms with Crippen LogP contribution in [0.15, 0.2) is 48.8 Å². The van der Waals surface area contributed by atoms with Crippen LogP contribution in [-0.4, -0.2) is 36.1 Å².